The van der Waals surface area contributed by atoms with Crippen molar-refractivity contribution in [3.63, 3.8) is 0 Å². The molecule has 1 aromatic carbocycles. The minimum atomic E-state index is -0.209. The molecule has 1 fully saturated rings. The quantitative estimate of drug-likeness (QED) is 0.702. The summed E-state index contributed by atoms with van der Waals surface area (Å²) in [4.78, 5) is 2.32. The Balaban J connectivity index is 1.32. The van der Waals surface area contributed by atoms with Crippen LogP contribution in [0.4, 0.5) is 9.52 Å². The van der Waals surface area contributed by atoms with E-state index in [0.717, 1.165) is 48.2 Å². The Morgan fingerprint density at radius 1 is 1.12 bits per heavy atom. The molecule has 0 aliphatic carbocycles. The zero-order chi connectivity index (χ0) is 17.1. The lowest BCUT2D eigenvalue weighted by molar-refractivity contribution is 0.342. The number of nitrogens with zero attached hydrogens (tertiary/aromatic N) is 5. The van der Waals surface area contributed by atoms with Crippen molar-refractivity contribution in [3.8, 4) is 0 Å². The highest BCUT2D eigenvalue weighted by molar-refractivity contribution is 7.15. The highest BCUT2D eigenvalue weighted by Crippen LogP contribution is 2.27. The monoisotopic (exact) mass is 357 g/mol. The molecule has 0 unspecified atom stereocenters. The van der Waals surface area contributed by atoms with Crippen molar-refractivity contribution in [1.82, 2.24) is 20.0 Å². The summed E-state index contributed by atoms with van der Waals surface area (Å²) in [6.07, 6.45) is 6.85. The summed E-state index contributed by atoms with van der Waals surface area (Å²) in [6.45, 7) is 3.01. The predicted octanol–water partition coefficient (Wildman–Crippen LogP) is 3.38. The standard InChI is InChI=1S/C18H20FN5S/c19-16-4-2-14(3-5-16)12-17-21-22-18(25-17)23-10-6-15(7-11-23)13-24-9-1-8-20-24/h1-5,8-9,15H,6-7,10-13H2. The van der Waals surface area contributed by atoms with Crippen LogP contribution in [-0.4, -0.2) is 33.1 Å². The second kappa shape index (κ2) is 7.31. The van der Waals surface area contributed by atoms with Crippen LogP contribution in [0.3, 0.4) is 0 Å². The second-order valence-electron chi connectivity index (χ2n) is 6.44. The SMILES string of the molecule is Fc1ccc(Cc2nnc(N3CCC(Cn4cccn4)CC3)s2)cc1. The van der Waals surface area contributed by atoms with Gasteiger partial charge >= 0.3 is 0 Å². The normalized spacial score (nSPS) is 15.6. The molecule has 7 heteroatoms. The molecule has 0 saturated carbocycles. The molecule has 1 aliphatic rings. The Hall–Kier alpha value is -2.28. The van der Waals surface area contributed by atoms with Gasteiger partial charge in [-0.25, -0.2) is 4.39 Å². The number of aromatic nitrogens is 4. The maximum absolute atomic E-state index is 13.0. The summed E-state index contributed by atoms with van der Waals surface area (Å²) in [5, 5.41) is 14.9. The van der Waals surface area contributed by atoms with Gasteiger partial charge in [0.2, 0.25) is 5.13 Å². The van der Waals surface area contributed by atoms with Crippen LogP contribution in [0.15, 0.2) is 42.7 Å². The van der Waals surface area contributed by atoms with Gasteiger partial charge in [0.15, 0.2) is 0 Å². The Morgan fingerprint density at radius 3 is 2.64 bits per heavy atom. The number of rotatable bonds is 5. The van der Waals surface area contributed by atoms with E-state index < -0.39 is 0 Å². The fourth-order valence-electron chi connectivity index (χ4n) is 3.20. The fourth-order valence-corrected chi connectivity index (χ4v) is 4.13. The van der Waals surface area contributed by atoms with Crippen molar-refractivity contribution >= 4 is 16.5 Å². The molecule has 1 aliphatic heterocycles. The lowest BCUT2D eigenvalue weighted by Crippen LogP contribution is -2.35. The number of hydrogen-bond donors (Lipinski definition) is 0. The van der Waals surface area contributed by atoms with E-state index in [-0.39, 0.29) is 5.82 Å². The van der Waals surface area contributed by atoms with Crippen LogP contribution >= 0.6 is 11.3 Å². The Morgan fingerprint density at radius 2 is 1.92 bits per heavy atom. The number of anilines is 1. The third-order valence-corrected chi connectivity index (χ3v) is 5.60. The average molecular weight is 357 g/mol. The fraction of sp³-hybridized carbons (Fsp3) is 0.389. The third-order valence-electron chi connectivity index (χ3n) is 4.61. The van der Waals surface area contributed by atoms with Crippen LogP contribution in [0.1, 0.15) is 23.4 Å². The van der Waals surface area contributed by atoms with E-state index in [4.69, 9.17) is 0 Å². The molecule has 0 atom stereocenters. The third kappa shape index (κ3) is 4.04. The minimum absolute atomic E-state index is 0.209. The molecule has 3 aromatic rings. The molecule has 5 nitrogen and oxygen atoms in total. The van der Waals surface area contributed by atoms with Crippen molar-refractivity contribution in [2.45, 2.75) is 25.8 Å². The van der Waals surface area contributed by atoms with Gasteiger partial charge in [-0.3, -0.25) is 4.68 Å². The Bertz CT molecular complexity index is 791. The molecular weight excluding hydrogens is 337 g/mol. The van der Waals surface area contributed by atoms with Crippen molar-refractivity contribution in [1.29, 1.82) is 0 Å². The molecule has 2 aromatic heterocycles. The first-order valence-electron chi connectivity index (χ1n) is 8.55. The number of halogens is 1. The van der Waals surface area contributed by atoms with Crippen LogP contribution in [-0.2, 0) is 13.0 Å². The van der Waals surface area contributed by atoms with E-state index in [2.05, 4.69) is 20.2 Å². The van der Waals surface area contributed by atoms with E-state index in [1.807, 2.05) is 23.1 Å². The first kappa shape index (κ1) is 16.2. The Kier molecular flexibility index (Phi) is 4.74. The summed E-state index contributed by atoms with van der Waals surface area (Å²) < 4.78 is 15.0. The largest absolute Gasteiger partial charge is 0.347 e. The molecule has 0 radical (unpaired) electrons. The summed E-state index contributed by atoms with van der Waals surface area (Å²) in [6, 6.07) is 8.55. The molecule has 0 spiro atoms. The minimum Gasteiger partial charge on any atom is -0.347 e. The lowest BCUT2D eigenvalue weighted by atomic mass is 9.97. The van der Waals surface area contributed by atoms with E-state index in [1.54, 1.807) is 23.5 Å². The van der Waals surface area contributed by atoms with E-state index in [0.29, 0.717) is 12.3 Å². The van der Waals surface area contributed by atoms with Gasteiger partial charge in [-0.05, 0) is 42.5 Å². The smallest absolute Gasteiger partial charge is 0.208 e. The average Bonchev–Trinajstić information content (AvgIpc) is 3.30. The highest BCUT2D eigenvalue weighted by Gasteiger charge is 2.22. The zero-order valence-corrected chi connectivity index (χ0v) is 14.7. The van der Waals surface area contributed by atoms with Gasteiger partial charge in [0.25, 0.3) is 0 Å². The molecule has 0 bridgehead atoms. The summed E-state index contributed by atoms with van der Waals surface area (Å²) >= 11 is 1.64. The summed E-state index contributed by atoms with van der Waals surface area (Å²) in [7, 11) is 0. The van der Waals surface area contributed by atoms with Gasteiger partial charge in [-0.15, -0.1) is 10.2 Å². The summed E-state index contributed by atoms with van der Waals surface area (Å²) in [5.74, 6) is 0.461. The van der Waals surface area contributed by atoms with Crippen molar-refractivity contribution in [2.75, 3.05) is 18.0 Å². The Labute approximate surface area is 150 Å². The first-order valence-corrected chi connectivity index (χ1v) is 9.37. The molecular formula is C18H20FN5S. The maximum Gasteiger partial charge on any atom is 0.208 e. The van der Waals surface area contributed by atoms with Crippen LogP contribution in [0.25, 0.3) is 0 Å². The van der Waals surface area contributed by atoms with Crippen molar-refractivity contribution in [3.05, 3.63) is 59.1 Å². The number of piperidine rings is 1. The van der Waals surface area contributed by atoms with Gasteiger partial charge in [0, 0.05) is 38.4 Å². The second-order valence-corrected chi connectivity index (χ2v) is 7.48. The van der Waals surface area contributed by atoms with Gasteiger partial charge in [0.1, 0.15) is 10.8 Å². The van der Waals surface area contributed by atoms with Crippen LogP contribution in [0, 0.1) is 11.7 Å². The molecule has 1 saturated heterocycles. The van der Waals surface area contributed by atoms with Gasteiger partial charge in [0.05, 0.1) is 0 Å². The summed E-state index contributed by atoms with van der Waals surface area (Å²) in [5.41, 5.74) is 1.06. The topological polar surface area (TPSA) is 46.8 Å². The molecule has 4 rings (SSSR count). The molecule has 25 heavy (non-hydrogen) atoms. The van der Waals surface area contributed by atoms with Crippen molar-refractivity contribution < 1.29 is 4.39 Å². The van der Waals surface area contributed by atoms with Crippen LogP contribution in [0.2, 0.25) is 0 Å². The van der Waals surface area contributed by atoms with Crippen LogP contribution in [0.5, 0.6) is 0 Å². The van der Waals surface area contributed by atoms with Crippen LogP contribution < -0.4 is 4.90 Å². The van der Waals surface area contributed by atoms with Gasteiger partial charge < -0.3 is 4.90 Å². The number of benzene rings is 1. The highest BCUT2D eigenvalue weighted by atomic mass is 32.1. The van der Waals surface area contributed by atoms with Crippen molar-refractivity contribution in [2.24, 2.45) is 5.92 Å². The lowest BCUT2D eigenvalue weighted by Gasteiger charge is -2.31. The molecule has 130 valence electrons. The molecule has 3 heterocycles. The predicted molar refractivity (Wildman–Crippen MR) is 96.3 cm³/mol. The first-order chi connectivity index (χ1) is 12.3. The van der Waals surface area contributed by atoms with Gasteiger partial charge in [-0.1, -0.05) is 23.5 Å². The maximum atomic E-state index is 13.0. The van der Waals surface area contributed by atoms with Gasteiger partial charge in [-0.2, -0.15) is 5.10 Å². The van der Waals surface area contributed by atoms with E-state index >= 15 is 0 Å². The van der Waals surface area contributed by atoms with E-state index in [1.165, 1.54) is 12.1 Å². The van der Waals surface area contributed by atoms with E-state index in [9.17, 15) is 4.39 Å². The zero-order valence-electron chi connectivity index (χ0n) is 13.9. The molecule has 0 N–H and O–H groups in total. The molecule has 0 amide bonds. The number of hydrogen-bond acceptors (Lipinski definition) is 5.